The van der Waals surface area contributed by atoms with E-state index in [4.69, 9.17) is 5.73 Å². The standard InChI is InChI=1S/C15H32N2/c1-4-6-14-11-15(14)17-10-5-7-13(8-9-16)12(2)3/h12-15,17H,4-11,16H2,1-3H3. The molecule has 0 aromatic carbocycles. The normalized spacial score (nSPS) is 25.2. The fourth-order valence-electron chi connectivity index (χ4n) is 2.86. The van der Waals surface area contributed by atoms with Crippen LogP contribution in [0.1, 0.15) is 59.3 Å². The molecule has 1 saturated carbocycles. The summed E-state index contributed by atoms with van der Waals surface area (Å²) in [6.07, 6.45) is 8.03. The maximum Gasteiger partial charge on any atom is 0.00991 e. The summed E-state index contributed by atoms with van der Waals surface area (Å²) in [7, 11) is 0. The molecule has 0 saturated heterocycles. The Balaban J connectivity index is 1.99. The first-order chi connectivity index (χ1) is 8.19. The molecule has 102 valence electrons. The van der Waals surface area contributed by atoms with E-state index in [0.717, 1.165) is 30.3 Å². The van der Waals surface area contributed by atoms with Gasteiger partial charge in [-0.25, -0.2) is 0 Å². The molecule has 3 atom stereocenters. The van der Waals surface area contributed by atoms with Crippen molar-refractivity contribution in [3.8, 4) is 0 Å². The zero-order valence-corrected chi connectivity index (χ0v) is 12.0. The summed E-state index contributed by atoms with van der Waals surface area (Å²) in [6, 6.07) is 0.849. The summed E-state index contributed by atoms with van der Waals surface area (Å²) in [6.45, 7) is 8.99. The van der Waals surface area contributed by atoms with Gasteiger partial charge in [-0.05, 0) is 62.9 Å². The van der Waals surface area contributed by atoms with Crippen LogP contribution in [-0.2, 0) is 0 Å². The maximum atomic E-state index is 5.67. The van der Waals surface area contributed by atoms with Crippen LogP contribution in [0, 0.1) is 17.8 Å². The lowest BCUT2D eigenvalue weighted by Gasteiger charge is -2.20. The molecular weight excluding hydrogens is 208 g/mol. The van der Waals surface area contributed by atoms with E-state index in [2.05, 4.69) is 26.1 Å². The number of rotatable bonds is 10. The van der Waals surface area contributed by atoms with Gasteiger partial charge < -0.3 is 11.1 Å². The van der Waals surface area contributed by atoms with E-state index in [-0.39, 0.29) is 0 Å². The molecule has 0 aromatic heterocycles. The summed E-state index contributed by atoms with van der Waals surface area (Å²) in [5.41, 5.74) is 5.67. The smallest absolute Gasteiger partial charge is 0.00991 e. The Morgan fingerprint density at radius 2 is 2.06 bits per heavy atom. The monoisotopic (exact) mass is 240 g/mol. The fraction of sp³-hybridized carbons (Fsp3) is 1.00. The molecule has 0 aliphatic heterocycles. The van der Waals surface area contributed by atoms with Crippen LogP contribution in [-0.4, -0.2) is 19.1 Å². The second-order valence-corrected chi connectivity index (χ2v) is 6.07. The molecule has 2 nitrogen and oxygen atoms in total. The number of nitrogens with one attached hydrogen (secondary N) is 1. The molecule has 0 heterocycles. The van der Waals surface area contributed by atoms with Crippen molar-refractivity contribution in [2.75, 3.05) is 13.1 Å². The van der Waals surface area contributed by atoms with Crippen molar-refractivity contribution in [3.05, 3.63) is 0 Å². The first-order valence-corrected chi connectivity index (χ1v) is 7.62. The summed E-state index contributed by atoms with van der Waals surface area (Å²) in [4.78, 5) is 0. The van der Waals surface area contributed by atoms with Crippen LogP contribution in [0.25, 0.3) is 0 Å². The average molecular weight is 240 g/mol. The van der Waals surface area contributed by atoms with E-state index in [1.165, 1.54) is 45.1 Å². The number of hydrogen-bond acceptors (Lipinski definition) is 2. The van der Waals surface area contributed by atoms with Crippen LogP contribution in [0.3, 0.4) is 0 Å². The number of nitrogens with two attached hydrogens (primary N) is 1. The second-order valence-electron chi connectivity index (χ2n) is 6.07. The zero-order chi connectivity index (χ0) is 12.7. The van der Waals surface area contributed by atoms with Gasteiger partial charge in [-0.1, -0.05) is 27.2 Å². The van der Waals surface area contributed by atoms with Crippen molar-refractivity contribution in [2.24, 2.45) is 23.5 Å². The minimum absolute atomic E-state index is 0.785. The summed E-state index contributed by atoms with van der Waals surface area (Å²) >= 11 is 0. The highest BCUT2D eigenvalue weighted by molar-refractivity contribution is 4.92. The third kappa shape index (κ3) is 5.87. The summed E-state index contributed by atoms with van der Waals surface area (Å²) in [5.74, 6) is 2.60. The zero-order valence-electron chi connectivity index (χ0n) is 12.0. The lowest BCUT2D eigenvalue weighted by Crippen LogP contribution is -2.21. The van der Waals surface area contributed by atoms with E-state index >= 15 is 0 Å². The molecule has 1 aliphatic rings. The Morgan fingerprint density at radius 1 is 1.29 bits per heavy atom. The molecule has 1 rings (SSSR count). The topological polar surface area (TPSA) is 38.0 Å². The minimum Gasteiger partial charge on any atom is -0.330 e. The van der Waals surface area contributed by atoms with Crippen molar-refractivity contribution >= 4 is 0 Å². The molecule has 0 radical (unpaired) electrons. The number of hydrogen-bond donors (Lipinski definition) is 2. The highest BCUT2D eigenvalue weighted by Crippen LogP contribution is 2.34. The van der Waals surface area contributed by atoms with Gasteiger partial charge in [0.25, 0.3) is 0 Å². The SMILES string of the molecule is CCCC1CC1NCCCC(CCN)C(C)C. The molecule has 0 bridgehead atoms. The lowest BCUT2D eigenvalue weighted by atomic mass is 9.88. The van der Waals surface area contributed by atoms with Gasteiger partial charge in [0.1, 0.15) is 0 Å². The molecule has 3 N–H and O–H groups in total. The molecule has 0 spiro atoms. The molecule has 1 fully saturated rings. The third-order valence-corrected chi connectivity index (χ3v) is 4.22. The highest BCUT2D eigenvalue weighted by Gasteiger charge is 2.34. The van der Waals surface area contributed by atoms with Gasteiger partial charge >= 0.3 is 0 Å². The molecule has 17 heavy (non-hydrogen) atoms. The molecule has 3 unspecified atom stereocenters. The summed E-state index contributed by atoms with van der Waals surface area (Å²) < 4.78 is 0. The Hall–Kier alpha value is -0.0800. The Kier molecular flexibility index (Phi) is 7.14. The first kappa shape index (κ1) is 15.0. The maximum absolute atomic E-state index is 5.67. The molecule has 1 aliphatic carbocycles. The summed E-state index contributed by atoms with van der Waals surface area (Å²) in [5, 5.41) is 3.70. The van der Waals surface area contributed by atoms with Gasteiger partial charge in [0.05, 0.1) is 0 Å². The van der Waals surface area contributed by atoms with Crippen LogP contribution in [0.2, 0.25) is 0 Å². The average Bonchev–Trinajstić information content (AvgIpc) is 3.01. The third-order valence-electron chi connectivity index (χ3n) is 4.22. The van der Waals surface area contributed by atoms with E-state index in [0.29, 0.717) is 0 Å². The van der Waals surface area contributed by atoms with Crippen molar-refractivity contribution in [1.82, 2.24) is 5.32 Å². The Bertz CT molecular complexity index is 191. The first-order valence-electron chi connectivity index (χ1n) is 7.62. The Labute approximate surface area is 108 Å². The van der Waals surface area contributed by atoms with Gasteiger partial charge in [0.15, 0.2) is 0 Å². The minimum atomic E-state index is 0.785. The second kappa shape index (κ2) is 8.10. The van der Waals surface area contributed by atoms with Gasteiger partial charge in [0.2, 0.25) is 0 Å². The van der Waals surface area contributed by atoms with Gasteiger partial charge in [0, 0.05) is 6.04 Å². The van der Waals surface area contributed by atoms with Crippen molar-refractivity contribution in [1.29, 1.82) is 0 Å². The van der Waals surface area contributed by atoms with E-state index in [9.17, 15) is 0 Å². The lowest BCUT2D eigenvalue weighted by molar-refractivity contribution is 0.330. The van der Waals surface area contributed by atoms with Crippen LogP contribution in [0.4, 0.5) is 0 Å². The largest absolute Gasteiger partial charge is 0.330 e. The van der Waals surface area contributed by atoms with Crippen LogP contribution in [0.5, 0.6) is 0 Å². The molecule has 2 heteroatoms. The van der Waals surface area contributed by atoms with E-state index in [1.54, 1.807) is 0 Å². The van der Waals surface area contributed by atoms with Crippen molar-refractivity contribution in [2.45, 2.75) is 65.3 Å². The van der Waals surface area contributed by atoms with E-state index < -0.39 is 0 Å². The van der Waals surface area contributed by atoms with Crippen molar-refractivity contribution in [3.63, 3.8) is 0 Å². The quantitative estimate of drug-likeness (QED) is 0.576. The van der Waals surface area contributed by atoms with Crippen LogP contribution >= 0.6 is 0 Å². The van der Waals surface area contributed by atoms with Crippen molar-refractivity contribution < 1.29 is 0 Å². The highest BCUT2D eigenvalue weighted by atomic mass is 15.0. The van der Waals surface area contributed by atoms with Gasteiger partial charge in [-0.15, -0.1) is 0 Å². The Morgan fingerprint density at radius 3 is 2.65 bits per heavy atom. The fourth-order valence-corrected chi connectivity index (χ4v) is 2.86. The van der Waals surface area contributed by atoms with Gasteiger partial charge in [-0.2, -0.15) is 0 Å². The molecule has 0 aromatic rings. The predicted octanol–water partition coefficient (Wildman–Crippen LogP) is 3.17. The van der Waals surface area contributed by atoms with Crippen LogP contribution in [0.15, 0.2) is 0 Å². The van der Waals surface area contributed by atoms with E-state index in [1.807, 2.05) is 0 Å². The van der Waals surface area contributed by atoms with Gasteiger partial charge in [-0.3, -0.25) is 0 Å². The molecule has 0 amide bonds. The molecular formula is C15H32N2. The van der Waals surface area contributed by atoms with Crippen LogP contribution < -0.4 is 11.1 Å². The predicted molar refractivity (Wildman–Crippen MR) is 76.0 cm³/mol.